The van der Waals surface area contributed by atoms with Crippen molar-refractivity contribution in [3.8, 4) is 5.75 Å². The van der Waals surface area contributed by atoms with E-state index in [1.807, 2.05) is 31.2 Å². The van der Waals surface area contributed by atoms with Crippen LogP contribution in [0, 0.1) is 12.7 Å². The van der Waals surface area contributed by atoms with Gasteiger partial charge in [0, 0.05) is 0 Å². The number of nitrogens with one attached hydrogen (secondary N) is 1. The van der Waals surface area contributed by atoms with Gasteiger partial charge >= 0.3 is 5.97 Å². The maximum Gasteiger partial charge on any atom is 0.308 e. The minimum Gasteiger partial charge on any atom is -0.484 e. The number of carbonyl (C=O) groups is 2. The van der Waals surface area contributed by atoms with E-state index in [2.05, 4.69) is 5.32 Å². The number of carbonyl (C=O) groups excluding carboxylic acids is 2. The number of hydrogen-bond acceptors (Lipinski definition) is 4. The lowest BCUT2D eigenvalue weighted by Crippen LogP contribution is -2.34. The highest BCUT2D eigenvalue weighted by Crippen LogP contribution is 2.19. The maximum atomic E-state index is 12.9. The highest BCUT2D eigenvalue weighted by Gasteiger charge is 2.20. The third-order valence-electron chi connectivity index (χ3n) is 3.74. The Kier molecular flexibility index (Phi) is 7.34. The Labute approximate surface area is 158 Å². The lowest BCUT2D eigenvalue weighted by molar-refractivity contribution is -0.148. The molecule has 0 aliphatic rings. The Hall–Kier alpha value is -2.89. The molecule has 1 unspecified atom stereocenters. The van der Waals surface area contributed by atoms with Gasteiger partial charge in [0.15, 0.2) is 6.61 Å². The summed E-state index contributed by atoms with van der Waals surface area (Å²) in [5.41, 5.74) is 1.88. The van der Waals surface area contributed by atoms with Gasteiger partial charge in [-0.1, -0.05) is 29.8 Å². The number of esters is 1. The third kappa shape index (κ3) is 7.09. The maximum absolute atomic E-state index is 12.9. The summed E-state index contributed by atoms with van der Waals surface area (Å²) in [5, 5.41) is 2.80. The van der Waals surface area contributed by atoms with Crippen LogP contribution in [0.4, 0.5) is 4.39 Å². The number of ether oxygens (including phenoxy) is 2. The smallest absolute Gasteiger partial charge is 0.308 e. The summed E-state index contributed by atoms with van der Waals surface area (Å²) in [6.07, 6.45) is -0.211. The lowest BCUT2D eigenvalue weighted by Gasteiger charge is -2.20. The van der Waals surface area contributed by atoms with Gasteiger partial charge in [0.2, 0.25) is 0 Å². The molecule has 0 aliphatic heterocycles. The molecule has 5 nitrogen and oxygen atoms in total. The minimum absolute atomic E-state index is 0.0174. The molecule has 0 fully saturated rings. The molecule has 2 rings (SSSR count). The van der Waals surface area contributed by atoms with Crippen LogP contribution in [0.5, 0.6) is 5.75 Å². The average molecular weight is 373 g/mol. The standard InChI is InChI=1S/C21H24FNO4/c1-14(2)27-21(25)12-19(16-6-4-15(3)5-7-16)23-20(24)13-26-18-10-8-17(22)9-11-18/h4-11,14,19H,12-13H2,1-3H3,(H,23,24). The van der Waals surface area contributed by atoms with Gasteiger partial charge in [-0.05, 0) is 50.6 Å². The summed E-state index contributed by atoms with van der Waals surface area (Å²) in [6.45, 7) is 5.26. The molecule has 0 saturated carbocycles. The SMILES string of the molecule is Cc1ccc(C(CC(=O)OC(C)C)NC(=O)COc2ccc(F)cc2)cc1. The number of rotatable bonds is 8. The molecule has 1 atom stereocenters. The summed E-state index contributed by atoms with van der Waals surface area (Å²) in [4.78, 5) is 24.3. The van der Waals surface area contributed by atoms with Gasteiger partial charge in [-0.3, -0.25) is 9.59 Å². The van der Waals surface area contributed by atoms with Crippen molar-refractivity contribution < 1.29 is 23.5 Å². The van der Waals surface area contributed by atoms with Crippen molar-refractivity contribution in [1.82, 2.24) is 5.32 Å². The van der Waals surface area contributed by atoms with Crippen molar-refractivity contribution in [2.24, 2.45) is 0 Å². The van der Waals surface area contributed by atoms with E-state index in [4.69, 9.17) is 9.47 Å². The first-order valence-corrected chi connectivity index (χ1v) is 8.77. The van der Waals surface area contributed by atoms with Crippen molar-refractivity contribution >= 4 is 11.9 Å². The fraction of sp³-hybridized carbons (Fsp3) is 0.333. The Balaban J connectivity index is 2.01. The second kappa shape index (κ2) is 9.71. The number of hydrogen-bond donors (Lipinski definition) is 1. The molecule has 6 heteroatoms. The monoisotopic (exact) mass is 373 g/mol. The summed E-state index contributed by atoms with van der Waals surface area (Å²) < 4.78 is 23.5. The predicted octanol–water partition coefficient (Wildman–Crippen LogP) is 3.71. The summed E-state index contributed by atoms with van der Waals surface area (Å²) in [5.74, 6) is -0.773. The van der Waals surface area contributed by atoms with E-state index in [0.29, 0.717) is 5.75 Å². The first-order valence-electron chi connectivity index (χ1n) is 8.77. The van der Waals surface area contributed by atoms with Crippen LogP contribution in [0.15, 0.2) is 48.5 Å². The summed E-state index contributed by atoms with van der Waals surface area (Å²) in [7, 11) is 0. The topological polar surface area (TPSA) is 64.6 Å². The van der Waals surface area contributed by atoms with E-state index in [0.717, 1.165) is 11.1 Å². The van der Waals surface area contributed by atoms with Crippen LogP contribution in [0.2, 0.25) is 0 Å². The van der Waals surface area contributed by atoms with Gasteiger partial charge < -0.3 is 14.8 Å². The van der Waals surface area contributed by atoms with Crippen molar-refractivity contribution in [3.05, 3.63) is 65.5 Å². The van der Waals surface area contributed by atoms with E-state index in [1.54, 1.807) is 13.8 Å². The molecule has 0 heterocycles. The number of halogens is 1. The second-order valence-corrected chi connectivity index (χ2v) is 6.52. The zero-order valence-electron chi connectivity index (χ0n) is 15.7. The first kappa shape index (κ1) is 20.4. The van der Waals surface area contributed by atoms with E-state index >= 15 is 0 Å². The van der Waals surface area contributed by atoms with Gasteiger partial charge in [0.1, 0.15) is 11.6 Å². The number of amides is 1. The molecule has 1 amide bonds. The first-order chi connectivity index (χ1) is 12.8. The summed E-state index contributed by atoms with van der Waals surface area (Å²) in [6, 6.07) is 12.4. The van der Waals surface area contributed by atoms with Crippen molar-refractivity contribution in [1.29, 1.82) is 0 Å². The molecule has 0 radical (unpaired) electrons. The van der Waals surface area contributed by atoms with Crippen molar-refractivity contribution in [3.63, 3.8) is 0 Å². The van der Waals surface area contributed by atoms with Gasteiger partial charge in [-0.15, -0.1) is 0 Å². The Bertz CT molecular complexity index is 757. The zero-order valence-corrected chi connectivity index (χ0v) is 15.7. The third-order valence-corrected chi connectivity index (χ3v) is 3.74. The van der Waals surface area contributed by atoms with Crippen molar-refractivity contribution in [2.75, 3.05) is 6.61 Å². The molecule has 0 saturated heterocycles. The van der Waals surface area contributed by atoms with Gasteiger partial charge in [-0.25, -0.2) is 4.39 Å². The van der Waals surface area contributed by atoms with Gasteiger partial charge in [0.25, 0.3) is 5.91 Å². The molecule has 0 bridgehead atoms. The van der Waals surface area contributed by atoms with Crippen LogP contribution in [-0.4, -0.2) is 24.6 Å². The van der Waals surface area contributed by atoms with Crippen molar-refractivity contribution in [2.45, 2.75) is 39.3 Å². The van der Waals surface area contributed by atoms with Crippen LogP contribution in [0.3, 0.4) is 0 Å². The Morgan fingerprint density at radius 1 is 1.04 bits per heavy atom. The predicted molar refractivity (Wildman–Crippen MR) is 99.8 cm³/mol. The molecule has 2 aromatic rings. The lowest BCUT2D eigenvalue weighted by atomic mass is 10.0. The molecule has 1 N–H and O–H groups in total. The fourth-order valence-electron chi connectivity index (χ4n) is 2.44. The molecule has 0 aliphatic carbocycles. The van der Waals surface area contributed by atoms with Gasteiger partial charge in [-0.2, -0.15) is 0 Å². The highest BCUT2D eigenvalue weighted by molar-refractivity contribution is 5.79. The largest absolute Gasteiger partial charge is 0.484 e. The van der Waals surface area contributed by atoms with Crippen LogP contribution < -0.4 is 10.1 Å². The number of aryl methyl sites for hydroxylation is 1. The molecular formula is C21H24FNO4. The van der Waals surface area contributed by atoms with Crippen LogP contribution in [0.25, 0.3) is 0 Å². The minimum atomic E-state index is -0.527. The average Bonchev–Trinajstić information content (AvgIpc) is 2.60. The molecule has 2 aromatic carbocycles. The van der Waals surface area contributed by atoms with E-state index in [-0.39, 0.29) is 30.9 Å². The van der Waals surface area contributed by atoms with Crippen LogP contribution >= 0.6 is 0 Å². The molecule has 144 valence electrons. The quantitative estimate of drug-likeness (QED) is 0.717. The Morgan fingerprint density at radius 2 is 1.67 bits per heavy atom. The molecule has 0 aromatic heterocycles. The van der Waals surface area contributed by atoms with Crippen LogP contribution in [-0.2, 0) is 14.3 Å². The van der Waals surface area contributed by atoms with Gasteiger partial charge in [0.05, 0.1) is 18.6 Å². The fourth-order valence-corrected chi connectivity index (χ4v) is 2.44. The highest BCUT2D eigenvalue weighted by atomic mass is 19.1. The second-order valence-electron chi connectivity index (χ2n) is 6.52. The van der Waals surface area contributed by atoms with E-state index < -0.39 is 12.0 Å². The normalized spacial score (nSPS) is 11.7. The molecule has 27 heavy (non-hydrogen) atoms. The van der Waals surface area contributed by atoms with Crippen LogP contribution in [0.1, 0.15) is 37.4 Å². The zero-order chi connectivity index (χ0) is 19.8. The molecule has 0 spiro atoms. The van der Waals surface area contributed by atoms with E-state index in [9.17, 15) is 14.0 Å². The number of benzene rings is 2. The summed E-state index contributed by atoms with van der Waals surface area (Å²) >= 11 is 0. The van der Waals surface area contributed by atoms with E-state index in [1.165, 1.54) is 24.3 Å². The molecular weight excluding hydrogens is 349 g/mol. The Morgan fingerprint density at radius 3 is 2.26 bits per heavy atom.